The minimum absolute atomic E-state index is 0.0213. The second kappa shape index (κ2) is 71.6. The summed E-state index contributed by atoms with van der Waals surface area (Å²) >= 11 is 0. The van der Waals surface area contributed by atoms with E-state index >= 15 is 0 Å². The molecular weight excluding hydrogens is 1010 g/mol. The van der Waals surface area contributed by atoms with Crippen molar-refractivity contribution in [1.82, 2.24) is 5.32 Å². The largest absolute Gasteiger partial charge is 0.466 e. The zero-order chi connectivity index (χ0) is 59.2. The van der Waals surface area contributed by atoms with Crippen LogP contribution in [0.5, 0.6) is 0 Å². The lowest BCUT2D eigenvalue weighted by molar-refractivity contribution is -0.143. The van der Waals surface area contributed by atoms with Crippen LogP contribution < -0.4 is 5.32 Å². The van der Waals surface area contributed by atoms with E-state index in [2.05, 4.69) is 43.5 Å². The van der Waals surface area contributed by atoms with E-state index in [9.17, 15) is 19.8 Å². The molecule has 2 unspecified atom stereocenters. The molecule has 0 rings (SSSR count). The normalized spacial score (nSPS) is 12.7. The number of hydrogen-bond donors (Lipinski definition) is 3. The summed E-state index contributed by atoms with van der Waals surface area (Å²) in [6.07, 6.45) is 92.5. The van der Waals surface area contributed by atoms with Crippen LogP contribution in [0, 0.1) is 0 Å². The SMILES string of the molecule is CCCCCCCCCCCCCC/C=C/C(O)C(CO)NC(=O)CCCCCCCCCCCCCCCCCCC/C=C\C/C=C\CCCCCCCCCCCCCCCOC(=O)CCCCCCCCCCCCCCCC. The van der Waals surface area contributed by atoms with Gasteiger partial charge >= 0.3 is 5.97 Å². The third kappa shape index (κ3) is 67.2. The first-order valence-corrected chi connectivity index (χ1v) is 37.3. The zero-order valence-electron chi connectivity index (χ0n) is 55.5. The van der Waals surface area contributed by atoms with Gasteiger partial charge in [0.1, 0.15) is 0 Å². The van der Waals surface area contributed by atoms with E-state index < -0.39 is 12.1 Å². The van der Waals surface area contributed by atoms with Crippen LogP contribution in [0.3, 0.4) is 0 Å². The van der Waals surface area contributed by atoms with Gasteiger partial charge in [-0.05, 0) is 64.2 Å². The van der Waals surface area contributed by atoms with Crippen LogP contribution >= 0.6 is 0 Å². The van der Waals surface area contributed by atoms with Crippen LogP contribution in [0.2, 0.25) is 0 Å². The highest BCUT2D eigenvalue weighted by Crippen LogP contribution is 2.19. The Hall–Kier alpha value is -1.92. The molecule has 0 saturated carbocycles. The van der Waals surface area contributed by atoms with Crippen molar-refractivity contribution in [2.75, 3.05) is 13.2 Å². The highest BCUT2D eigenvalue weighted by molar-refractivity contribution is 5.76. The third-order valence-corrected chi connectivity index (χ3v) is 17.4. The summed E-state index contributed by atoms with van der Waals surface area (Å²) in [5, 5.41) is 23.2. The number of nitrogens with one attached hydrogen (secondary N) is 1. The van der Waals surface area contributed by atoms with Gasteiger partial charge < -0.3 is 20.3 Å². The van der Waals surface area contributed by atoms with Gasteiger partial charge in [-0.3, -0.25) is 9.59 Å². The molecule has 6 heteroatoms. The van der Waals surface area contributed by atoms with Gasteiger partial charge in [0.15, 0.2) is 0 Å². The van der Waals surface area contributed by atoms with E-state index in [1.165, 1.54) is 340 Å². The van der Waals surface area contributed by atoms with Crippen molar-refractivity contribution < 1.29 is 24.5 Å². The maximum atomic E-state index is 12.5. The number of rotatable bonds is 70. The summed E-state index contributed by atoms with van der Waals surface area (Å²) < 4.78 is 5.50. The molecule has 0 spiro atoms. The van der Waals surface area contributed by atoms with E-state index in [4.69, 9.17) is 4.74 Å². The Balaban J connectivity index is 3.36. The Morgan fingerprint density at radius 3 is 0.927 bits per heavy atom. The van der Waals surface area contributed by atoms with Crippen LogP contribution in [0.15, 0.2) is 36.5 Å². The minimum atomic E-state index is -0.842. The number of unbranched alkanes of at least 4 members (excludes halogenated alkanes) is 55. The molecular formula is C76H145NO5. The average Bonchev–Trinajstić information content (AvgIpc) is 3.48. The van der Waals surface area contributed by atoms with Crippen molar-refractivity contribution in [2.24, 2.45) is 0 Å². The second-order valence-electron chi connectivity index (χ2n) is 25.6. The molecule has 1 amide bonds. The number of aliphatic hydroxyl groups is 2. The van der Waals surface area contributed by atoms with Crippen LogP contribution in [-0.4, -0.2) is 47.4 Å². The van der Waals surface area contributed by atoms with Gasteiger partial charge in [-0.2, -0.15) is 0 Å². The topological polar surface area (TPSA) is 95.9 Å². The first-order valence-electron chi connectivity index (χ1n) is 37.3. The van der Waals surface area contributed by atoms with Gasteiger partial charge in [0.05, 0.1) is 25.4 Å². The second-order valence-corrected chi connectivity index (χ2v) is 25.6. The summed E-state index contributed by atoms with van der Waals surface area (Å²) in [5.41, 5.74) is 0. The molecule has 0 aliphatic rings. The predicted molar refractivity (Wildman–Crippen MR) is 361 cm³/mol. The Kier molecular flexibility index (Phi) is 69.9. The first kappa shape index (κ1) is 80.1. The molecule has 0 aromatic carbocycles. The summed E-state index contributed by atoms with van der Waals surface area (Å²) in [7, 11) is 0. The van der Waals surface area contributed by atoms with Gasteiger partial charge in [-0.25, -0.2) is 0 Å². The third-order valence-electron chi connectivity index (χ3n) is 17.4. The highest BCUT2D eigenvalue weighted by atomic mass is 16.5. The number of carbonyl (C=O) groups is 2. The molecule has 0 saturated heterocycles. The first-order chi connectivity index (χ1) is 40.5. The average molecular weight is 1150 g/mol. The molecule has 0 radical (unpaired) electrons. The molecule has 0 aromatic rings. The van der Waals surface area contributed by atoms with Crippen molar-refractivity contribution in [3.8, 4) is 0 Å². The molecule has 0 aliphatic carbocycles. The number of hydrogen-bond acceptors (Lipinski definition) is 5. The molecule has 0 bridgehead atoms. The Morgan fingerprint density at radius 1 is 0.341 bits per heavy atom. The Morgan fingerprint density at radius 2 is 0.610 bits per heavy atom. The van der Waals surface area contributed by atoms with Crippen molar-refractivity contribution in [3.05, 3.63) is 36.5 Å². The molecule has 484 valence electrons. The molecule has 6 nitrogen and oxygen atoms in total. The molecule has 2 atom stereocenters. The van der Waals surface area contributed by atoms with E-state index in [1.807, 2.05) is 6.08 Å². The van der Waals surface area contributed by atoms with Crippen LogP contribution in [0.1, 0.15) is 412 Å². The summed E-state index contributed by atoms with van der Waals surface area (Å²) in [4.78, 5) is 24.5. The number of ether oxygens (including phenoxy) is 1. The zero-order valence-corrected chi connectivity index (χ0v) is 55.5. The lowest BCUT2D eigenvalue weighted by atomic mass is 10.0. The maximum absolute atomic E-state index is 12.5. The molecule has 0 heterocycles. The van der Waals surface area contributed by atoms with Crippen molar-refractivity contribution >= 4 is 11.9 Å². The fraction of sp³-hybridized carbons (Fsp3) is 0.895. The van der Waals surface area contributed by atoms with Gasteiger partial charge in [0.2, 0.25) is 5.91 Å². The molecule has 0 aromatic heterocycles. The monoisotopic (exact) mass is 1150 g/mol. The summed E-state index contributed by atoms with van der Waals surface area (Å²) in [6, 6.07) is -0.625. The van der Waals surface area contributed by atoms with E-state index in [0.29, 0.717) is 19.4 Å². The smallest absolute Gasteiger partial charge is 0.305 e. The fourth-order valence-electron chi connectivity index (χ4n) is 11.7. The lowest BCUT2D eigenvalue weighted by Crippen LogP contribution is -2.45. The molecule has 0 fully saturated rings. The fourth-order valence-corrected chi connectivity index (χ4v) is 11.7. The quantitative estimate of drug-likeness (QED) is 0.0320. The Bertz CT molecular complexity index is 1330. The van der Waals surface area contributed by atoms with Gasteiger partial charge in [0.25, 0.3) is 0 Å². The van der Waals surface area contributed by atoms with Gasteiger partial charge in [-0.15, -0.1) is 0 Å². The van der Waals surface area contributed by atoms with E-state index in [-0.39, 0.29) is 18.5 Å². The van der Waals surface area contributed by atoms with Crippen molar-refractivity contribution in [3.63, 3.8) is 0 Å². The number of aliphatic hydroxyl groups excluding tert-OH is 2. The van der Waals surface area contributed by atoms with Crippen molar-refractivity contribution in [1.29, 1.82) is 0 Å². The van der Waals surface area contributed by atoms with Gasteiger partial charge in [0, 0.05) is 12.8 Å². The standard InChI is InChI=1S/C76H145NO5/c1-3-5-7-9-11-13-15-17-44-48-52-56-60-64-68-74(79)73(72-78)77-75(80)69-65-61-57-53-49-45-42-40-38-36-34-32-30-28-26-24-22-20-19-21-23-25-27-29-31-33-35-37-39-41-43-47-51-55-59-63-67-71-82-76(81)70-66-62-58-54-50-46-18-16-14-12-10-8-6-4-2/h19,21,25,27,64,68,73-74,78-79H,3-18,20,22-24,26,28-63,65-67,69-72H2,1-2H3,(H,77,80)/b21-19-,27-25-,68-64+. The number of esters is 1. The van der Waals surface area contributed by atoms with Crippen LogP contribution in [0.25, 0.3) is 0 Å². The van der Waals surface area contributed by atoms with E-state index in [1.54, 1.807) is 6.08 Å². The number of carbonyl (C=O) groups excluding carboxylic acids is 2. The maximum Gasteiger partial charge on any atom is 0.305 e. The lowest BCUT2D eigenvalue weighted by Gasteiger charge is -2.20. The van der Waals surface area contributed by atoms with Crippen LogP contribution in [0.4, 0.5) is 0 Å². The van der Waals surface area contributed by atoms with Crippen LogP contribution in [-0.2, 0) is 14.3 Å². The Labute approximate surface area is 513 Å². The van der Waals surface area contributed by atoms with E-state index in [0.717, 1.165) is 44.9 Å². The number of amides is 1. The summed E-state index contributed by atoms with van der Waals surface area (Å²) in [5.74, 6) is -0.0420. The highest BCUT2D eigenvalue weighted by Gasteiger charge is 2.18. The summed E-state index contributed by atoms with van der Waals surface area (Å²) in [6.45, 7) is 4.94. The predicted octanol–water partition coefficient (Wildman–Crippen LogP) is 24.3. The minimum Gasteiger partial charge on any atom is -0.466 e. The van der Waals surface area contributed by atoms with Gasteiger partial charge in [-0.1, -0.05) is 371 Å². The molecule has 3 N–H and O–H groups in total. The van der Waals surface area contributed by atoms with Crippen molar-refractivity contribution in [2.45, 2.75) is 424 Å². The molecule has 0 aliphatic heterocycles. The number of allylic oxidation sites excluding steroid dienone is 5. The molecule has 82 heavy (non-hydrogen) atoms.